The number of halogens is 3. The first-order valence-corrected chi connectivity index (χ1v) is 12.4. The van der Waals surface area contributed by atoms with Crippen LogP contribution < -0.4 is 15.0 Å². The molecule has 1 atom stereocenters. The highest BCUT2D eigenvalue weighted by molar-refractivity contribution is 6.43. The lowest BCUT2D eigenvalue weighted by molar-refractivity contribution is 0.172. The van der Waals surface area contributed by atoms with Crippen molar-refractivity contribution in [3.05, 3.63) is 82.8 Å². The van der Waals surface area contributed by atoms with Crippen LogP contribution in [0.1, 0.15) is 6.42 Å². The second-order valence-corrected chi connectivity index (χ2v) is 9.24. The summed E-state index contributed by atoms with van der Waals surface area (Å²) in [5, 5.41) is 3.72. The third kappa shape index (κ3) is 7.10. The highest BCUT2D eigenvalue weighted by Crippen LogP contribution is 2.33. The number of rotatable bonds is 8. The van der Waals surface area contributed by atoms with Gasteiger partial charge in [-0.1, -0.05) is 71.7 Å². The molecule has 0 spiro atoms. The van der Waals surface area contributed by atoms with Crippen molar-refractivity contribution in [3.63, 3.8) is 0 Å². The Hall–Kier alpha value is -2.80. The second-order valence-electron chi connectivity index (χ2n) is 8.45. The Kier molecular flexibility index (Phi) is 8.85. The first-order chi connectivity index (χ1) is 17.0. The number of amides is 1. The maximum Gasteiger partial charge on any atom is 0.412 e. The molecular weight excluding hydrogens is 488 g/mol. The number of nitrogens with zero attached hydrogens (tertiary/aromatic N) is 2. The molecule has 0 aromatic heterocycles. The molecule has 4 rings (SSSR count). The summed E-state index contributed by atoms with van der Waals surface area (Å²) in [6.07, 6.45) is -1.40. The van der Waals surface area contributed by atoms with Crippen LogP contribution in [-0.4, -0.2) is 56.4 Å². The summed E-state index contributed by atoms with van der Waals surface area (Å²) in [7, 11) is 0. The van der Waals surface area contributed by atoms with Gasteiger partial charge in [-0.25, -0.2) is 9.18 Å². The maximum absolute atomic E-state index is 14.5. The lowest BCUT2D eigenvalue weighted by Gasteiger charge is -2.37. The van der Waals surface area contributed by atoms with Gasteiger partial charge in [0.05, 0.1) is 15.7 Å². The van der Waals surface area contributed by atoms with Gasteiger partial charge in [0.1, 0.15) is 11.9 Å². The van der Waals surface area contributed by atoms with E-state index in [0.29, 0.717) is 22.3 Å². The monoisotopic (exact) mass is 515 g/mol. The molecule has 3 aromatic carbocycles. The molecule has 3 aromatic rings. The molecule has 5 nitrogen and oxygen atoms in total. The Morgan fingerprint density at radius 3 is 2.31 bits per heavy atom. The van der Waals surface area contributed by atoms with Gasteiger partial charge in [0.2, 0.25) is 0 Å². The van der Waals surface area contributed by atoms with E-state index in [9.17, 15) is 9.18 Å². The highest BCUT2D eigenvalue weighted by atomic mass is 35.5. The Bertz CT molecular complexity index is 1110. The number of nitrogens with one attached hydrogen (secondary N) is 1. The minimum Gasteiger partial charge on any atom is -0.410 e. The molecule has 1 fully saturated rings. The minimum absolute atomic E-state index is 0.209. The Morgan fingerprint density at radius 2 is 1.60 bits per heavy atom. The minimum atomic E-state index is -1.04. The zero-order valence-electron chi connectivity index (χ0n) is 19.3. The molecule has 0 saturated carbocycles. The van der Waals surface area contributed by atoms with E-state index >= 15 is 0 Å². The van der Waals surface area contributed by atoms with Gasteiger partial charge in [-0.05, 0) is 41.8 Å². The summed E-state index contributed by atoms with van der Waals surface area (Å²) >= 11 is 12.4. The summed E-state index contributed by atoms with van der Waals surface area (Å²) in [5.41, 5.74) is 3.04. The van der Waals surface area contributed by atoms with Crippen LogP contribution in [0.5, 0.6) is 5.75 Å². The number of anilines is 1. The van der Waals surface area contributed by atoms with E-state index in [1.54, 1.807) is 18.2 Å². The van der Waals surface area contributed by atoms with E-state index in [0.717, 1.165) is 43.0 Å². The molecule has 1 amide bonds. The molecule has 1 aliphatic rings. The smallest absolute Gasteiger partial charge is 0.410 e. The standard InChI is InChI=1S/C27H28Cl2FN3O2/c28-24-7-4-8-25(26(24)29)33-17-15-32(16-18-33)19-22(30)13-14-31-27(34)35-23-11-9-21(10-12-23)20-5-2-1-3-6-20/h1-12,22H,13-19H2,(H,31,34). The Balaban J connectivity index is 1.14. The van der Waals surface area contributed by atoms with Crippen molar-refractivity contribution in [1.82, 2.24) is 10.2 Å². The fourth-order valence-electron chi connectivity index (χ4n) is 4.10. The average molecular weight is 516 g/mol. The Labute approximate surface area is 215 Å². The summed E-state index contributed by atoms with van der Waals surface area (Å²) in [4.78, 5) is 16.3. The summed E-state index contributed by atoms with van der Waals surface area (Å²) in [6, 6.07) is 22.8. The molecule has 184 valence electrons. The first kappa shape index (κ1) is 25.3. The van der Waals surface area contributed by atoms with Gasteiger partial charge in [0.25, 0.3) is 0 Å². The topological polar surface area (TPSA) is 44.8 Å². The summed E-state index contributed by atoms with van der Waals surface area (Å²) in [6.45, 7) is 3.51. The Morgan fingerprint density at radius 1 is 0.914 bits per heavy atom. The number of hydrogen-bond acceptors (Lipinski definition) is 4. The molecule has 8 heteroatoms. The van der Waals surface area contributed by atoms with E-state index in [2.05, 4.69) is 15.1 Å². The number of benzene rings is 3. The van der Waals surface area contributed by atoms with Crippen molar-refractivity contribution in [2.75, 3.05) is 44.2 Å². The van der Waals surface area contributed by atoms with Crippen LogP contribution in [0.2, 0.25) is 10.0 Å². The number of carbonyl (C=O) groups excluding carboxylic acids is 1. The summed E-state index contributed by atoms with van der Waals surface area (Å²) < 4.78 is 19.8. The lowest BCUT2D eigenvalue weighted by atomic mass is 10.1. The molecule has 0 radical (unpaired) electrons. The van der Waals surface area contributed by atoms with Crippen LogP contribution in [0, 0.1) is 0 Å². The predicted octanol–water partition coefficient (Wildman–Crippen LogP) is 6.30. The largest absolute Gasteiger partial charge is 0.412 e. The van der Waals surface area contributed by atoms with Gasteiger partial charge in [-0.2, -0.15) is 0 Å². The van der Waals surface area contributed by atoms with Crippen LogP contribution in [-0.2, 0) is 0 Å². The normalized spacial score (nSPS) is 15.0. The van der Waals surface area contributed by atoms with E-state index in [4.69, 9.17) is 27.9 Å². The molecule has 0 bridgehead atoms. The molecular formula is C27H28Cl2FN3O2. The van der Waals surface area contributed by atoms with E-state index < -0.39 is 12.3 Å². The van der Waals surface area contributed by atoms with Gasteiger partial charge < -0.3 is 15.0 Å². The first-order valence-electron chi connectivity index (χ1n) is 11.7. The van der Waals surface area contributed by atoms with Crippen molar-refractivity contribution in [3.8, 4) is 16.9 Å². The van der Waals surface area contributed by atoms with Crippen LogP contribution in [0.3, 0.4) is 0 Å². The number of piperazine rings is 1. The van der Waals surface area contributed by atoms with Gasteiger partial charge >= 0.3 is 6.09 Å². The molecule has 1 saturated heterocycles. The maximum atomic E-state index is 14.5. The zero-order chi connectivity index (χ0) is 24.6. The van der Waals surface area contributed by atoms with E-state index in [1.165, 1.54) is 0 Å². The van der Waals surface area contributed by atoms with Crippen LogP contribution in [0.25, 0.3) is 11.1 Å². The van der Waals surface area contributed by atoms with Gasteiger partial charge in [0, 0.05) is 39.3 Å². The fraction of sp³-hybridized carbons (Fsp3) is 0.296. The van der Waals surface area contributed by atoms with Crippen molar-refractivity contribution >= 4 is 35.0 Å². The van der Waals surface area contributed by atoms with E-state index in [-0.39, 0.29) is 13.0 Å². The van der Waals surface area contributed by atoms with Crippen molar-refractivity contribution in [2.24, 2.45) is 0 Å². The number of ether oxygens (including phenoxy) is 1. The molecule has 1 unspecified atom stereocenters. The van der Waals surface area contributed by atoms with Gasteiger partial charge in [-0.3, -0.25) is 4.90 Å². The van der Waals surface area contributed by atoms with Crippen molar-refractivity contribution < 1.29 is 13.9 Å². The number of hydrogen-bond donors (Lipinski definition) is 1. The molecule has 35 heavy (non-hydrogen) atoms. The van der Waals surface area contributed by atoms with Crippen molar-refractivity contribution in [1.29, 1.82) is 0 Å². The molecule has 1 N–H and O–H groups in total. The predicted molar refractivity (Wildman–Crippen MR) is 141 cm³/mol. The van der Waals surface area contributed by atoms with Gasteiger partial charge in [-0.15, -0.1) is 0 Å². The zero-order valence-corrected chi connectivity index (χ0v) is 20.8. The average Bonchev–Trinajstić information content (AvgIpc) is 2.87. The van der Waals surface area contributed by atoms with Gasteiger partial charge in [0.15, 0.2) is 0 Å². The lowest BCUT2D eigenvalue weighted by Crippen LogP contribution is -2.48. The molecule has 0 aliphatic carbocycles. The van der Waals surface area contributed by atoms with Crippen LogP contribution >= 0.6 is 23.2 Å². The quantitative estimate of drug-likeness (QED) is 0.382. The number of carbonyl (C=O) groups is 1. The molecule has 1 aliphatic heterocycles. The number of alkyl halides is 1. The SMILES string of the molecule is O=C(NCCC(F)CN1CCN(c2cccc(Cl)c2Cl)CC1)Oc1ccc(-c2ccccc2)cc1. The fourth-order valence-corrected chi connectivity index (χ4v) is 4.51. The third-order valence-electron chi connectivity index (χ3n) is 6.00. The molecule has 1 heterocycles. The van der Waals surface area contributed by atoms with E-state index in [1.807, 2.05) is 54.6 Å². The van der Waals surface area contributed by atoms with Crippen LogP contribution in [0.15, 0.2) is 72.8 Å². The summed E-state index contributed by atoms with van der Waals surface area (Å²) in [5.74, 6) is 0.441. The van der Waals surface area contributed by atoms with Crippen molar-refractivity contribution in [2.45, 2.75) is 12.6 Å². The van der Waals surface area contributed by atoms with Crippen LogP contribution in [0.4, 0.5) is 14.9 Å². The third-order valence-corrected chi connectivity index (χ3v) is 6.81. The second kappa shape index (κ2) is 12.2. The highest BCUT2D eigenvalue weighted by Gasteiger charge is 2.22.